The van der Waals surface area contributed by atoms with Crippen molar-refractivity contribution in [1.29, 1.82) is 0 Å². The summed E-state index contributed by atoms with van der Waals surface area (Å²) in [6.45, 7) is 2.52. The first-order valence-corrected chi connectivity index (χ1v) is 10.5. The van der Waals surface area contributed by atoms with Crippen molar-refractivity contribution in [3.63, 3.8) is 0 Å². The summed E-state index contributed by atoms with van der Waals surface area (Å²) in [4.78, 5) is 9.24. The van der Waals surface area contributed by atoms with E-state index in [4.69, 9.17) is 5.73 Å². The number of fused-ring (bicyclic) bond motifs is 1. The average molecular weight is 452 g/mol. The summed E-state index contributed by atoms with van der Waals surface area (Å²) in [7, 11) is 0. The van der Waals surface area contributed by atoms with Crippen molar-refractivity contribution in [1.82, 2.24) is 9.97 Å². The summed E-state index contributed by atoms with van der Waals surface area (Å²) >= 11 is 0. The zero-order valence-electron chi connectivity index (χ0n) is 17.9. The van der Waals surface area contributed by atoms with Gasteiger partial charge in [0.05, 0.1) is 16.6 Å². The van der Waals surface area contributed by atoms with Crippen LogP contribution >= 0.6 is 0 Å². The predicted molar refractivity (Wildman–Crippen MR) is 124 cm³/mol. The van der Waals surface area contributed by atoms with E-state index in [9.17, 15) is 18.3 Å². The Morgan fingerprint density at radius 3 is 2.36 bits per heavy atom. The molecule has 0 aliphatic carbocycles. The van der Waals surface area contributed by atoms with Gasteiger partial charge in [0.2, 0.25) is 0 Å². The fraction of sp³-hybridized carbons (Fsp3) is 0.200. The van der Waals surface area contributed by atoms with Gasteiger partial charge in [-0.1, -0.05) is 37.3 Å². The van der Waals surface area contributed by atoms with Crippen molar-refractivity contribution >= 4 is 16.7 Å². The molecule has 4 aromatic rings. The van der Waals surface area contributed by atoms with E-state index >= 15 is 0 Å². The molecule has 0 amide bonds. The van der Waals surface area contributed by atoms with Gasteiger partial charge in [-0.15, -0.1) is 0 Å². The third kappa shape index (κ3) is 4.90. The Kier molecular flexibility index (Phi) is 6.20. The van der Waals surface area contributed by atoms with Gasteiger partial charge in [0.15, 0.2) is 5.82 Å². The molecule has 4 rings (SSSR count). The summed E-state index contributed by atoms with van der Waals surface area (Å²) in [5, 5.41) is 14.6. The van der Waals surface area contributed by atoms with E-state index in [1.54, 1.807) is 12.1 Å². The fourth-order valence-corrected chi connectivity index (χ4v) is 3.45. The first kappa shape index (κ1) is 22.5. The minimum atomic E-state index is -4.40. The van der Waals surface area contributed by atoms with E-state index in [1.165, 1.54) is 18.2 Å². The van der Waals surface area contributed by atoms with Gasteiger partial charge in [-0.3, -0.25) is 0 Å². The summed E-state index contributed by atoms with van der Waals surface area (Å²) < 4.78 is 38.7. The molecule has 0 fully saturated rings. The van der Waals surface area contributed by atoms with Crippen molar-refractivity contribution in [2.24, 2.45) is 5.73 Å². The molecule has 5 nitrogen and oxygen atoms in total. The second kappa shape index (κ2) is 9.07. The molecule has 1 aromatic heterocycles. The molecule has 1 heterocycles. The maximum atomic E-state index is 12.9. The number of benzene rings is 3. The van der Waals surface area contributed by atoms with Crippen LogP contribution in [-0.2, 0) is 6.18 Å². The Morgan fingerprint density at radius 2 is 1.67 bits per heavy atom. The number of para-hydroxylation sites is 1. The van der Waals surface area contributed by atoms with Crippen molar-refractivity contribution in [2.75, 3.05) is 11.9 Å². The molecule has 1 atom stereocenters. The molecule has 0 aliphatic heterocycles. The van der Waals surface area contributed by atoms with Gasteiger partial charge < -0.3 is 16.2 Å². The van der Waals surface area contributed by atoms with E-state index in [0.717, 1.165) is 23.9 Å². The second-order valence-corrected chi connectivity index (χ2v) is 7.77. The molecular formula is C25H23F3N4O. The Labute approximate surface area is 189 Å². The minimum Gasteiger partial charge on any atom is -0.507 e. The Hall–Kier alpha value is -3.65. The molecule has 3 aromatic carbocycles. The van der Waals surface area contributed by atoms with Crippen molar-refractivity contribution < 1.29 is 18.3 Å². The lowest BCUT2D eigenvalue weighted by atomic mass is 10.0. The van der Waals surface area contributed by atoms with Gasteiger partial charge in [0.25, 0.3) is 0 Å². The van der Waals surface area contributed by atoms with Crippen molar-refractivity contribution in [2.45, 2.75) is 25.6 Å². The molecule has 170 valence electrons. The van der Waals surface area contributed by atoms with Crippen LogP contribution in [0, 0.1) is 0 Å². The highest BCUT2D eigenvalue weighted by molar-refractivity contribution is 5.91. The number of halogens is 3. The number of hydrogen-bond acceptors (Lipinski definition) is 5. The van der Waals surface area contributed by atoms with Crippen LogP contribution in [0.1, 0.15) is 18.9 Å². The number of aromatic hydroxyl groups is 1. The number of phenolic OH excluding ortho intramolecular Hbond substituents is 1. The first-order chi connectivity index (χ1) is 15.8. The Morgan fingerprint density at radius 1 is 0.970 bits per heavy atom. The van der Waals surface area contributed by atoms with Gasteiger partial charge in [-0.2, -0.15) is 13.2 Å². The monoisotopic (exact) mass is 452 g/mol. The van der Waals surface area contributed by atoms with Crippen LogP contribution in [0.15, 0.2) is 66.7 Å². The third-order valence-electron chi connectivity index (χ3n) is 5.44. The minimum absolute atomic E-state index is 0.0304. The smallest absolute Gasteiger partial charge is 0.416 e. The normalized spacial score (nSPS) is 12.6. The summed E-state index contributed by atoms with van der Waals surface area (Å²) in [6, 6.07) is 17.1. The topological polar surface area (TPSA) is 84.1 Å². The molecule has 0 saturated carbocycles. The average Bonchev–Trinajstić information content (AvgIpc) is 2.82. The van der Waals surface area contributed by atoms with Gasteiger partial charge in [-0.25, -0.2) is 9.97 Å². The second-order valence-electron chi connectivity index (χ2n) is 7.77. The van der Waals surface area contributed by atoms with Crippen LogP contribution in [0.3, 0.4) is 0 Å². The van der Waals surface area contributed by atoms with E-state index in [-0.39, 0.29) is 11.8 Å². The molecule has 4 N–H and O–H groups in total. The lowest BCUT2D eigenvalue weighted by molar-refractivity contribution is -0.137. The van der Waals surface area contributed by atoms with Crippen LogP contribution in [0.25, 0.3) is 33.4 Å². The standard InChI is InChI=1S/C25H23F3N4O/c1-2-18(29)14-30-23-19-5-3-4-6-21(19)31-24(32-23)20-13-16(9-12-22(20)33)15-7-10-17(11-8-15)25(26,27)28/h3-13,18,33H,2,14,29H2,1H3,(H,30,31,32)/t18-/m1/s1. The zero-order valence-corrected chi connectivity index (χ0v) is 17.9. The largest absolute Gasteiger partial charge is 0.507 e. The maximum absolute atomic E-state index is 12.9. The quantitative estimate of drug-likeness (QED) is 0.342. The van der Waals surface area contributed by atoms with E-state index in [2.05, 4.69) is 15.3 Å². The van der Waals surface area contributed by atoms with Crippen LogP contribution in [0.2, 0.25) is 0 Å². The lowest BCUT2D eigenvalue weighted by Crippen LogP contribution is -2.28. The molecule has 8 heteroatoms. The molecule has 0 unspecified atom stereocenters. The van der Waals surface area contributed by atoms with Crippen LogP contribution in [-0.4, -0.2) is 27.7 Å². The van der Waals surface area contributed by atoms with E-state index < -0.39 is 11.7 Å². The molecule has 0 radical (unpaired) electrons. The van der Waals surface area contributed by atoms with Crippen LogP contribution < -0.4 is 11.1 Å². The molecular weight excluding hydrogens is 429 g/mol. The number of rotatable bonds is 6. The van der Waals surface area contributed by atoms with Gasteiger partial charge in [-0.05, 0) is 53.9 Å². The Bertz CT molecular complexity index is 1270. The van der Waals surface area contributed by atoms with Crippen LogP contribution in [0.4, 0.5) is 19.0 Å². The number of anilines is 1. The number of hydrogen-bond donors (Lipinski definition) is 3. The Balaban J connectivity index is 1.76. The molecule has 0 spiro atoms. The van der Waals surface area contributed by atoms with Gasteiger partial charge >= 0.3 is 6.18 Å². The molecule has 0 aliphatic rings. The number of aromatic nitrogens is 2. The number of nitrogens with one attached hydrogen (secondary N) is 1. The highest BCUT2D eigenvalue weighted by atomic mass is 19.4. The number of phenols is 1. The first-order valence-electron chi connectivity index (χ1n) is 10.5. The number of nitrogens with zero attached hydrogens (tertiary/aromatic N) is 2. The summed E-state index contributed by atoms with van der Waals surface area (Å²) in [5.41, 5.74) is 7.61. The maximum Gasteiger partial charge on any atom is 0.416 e. The lowest BCUT2D eigenvalue weighted by Gasteiger charge is -2.15. The SMILES string of the molecule is CC[C@@H](N)CNc1nc(-c2cc(-c3ccc(C(F)(F)F)cc3)ccc2O)nc2ccccc12. The molecule has 33 heavy (non-hydrogen) atoms. The van der Waals surface area contributed by atoms with E-state index in [0.29, 0.717) is 40.4 Å². The fourth-order valence-electron chi connectivity index (χ4n) is 3.45. The van der Waals surface area contributed by atoms with Crippen molar-refractivity contribution in [3.05, 3.63) is 72.3 Å². The third-order valence-corrected chi connectivity index (χ3v) is 5.44. The summed E-state index contributed by atoms with van der Waals surface area (Å²) in [6.07, 6.45) is -3.60. The van der Waals surface area contributed by atoms with Crippen molar-refractivity contribution in [3.8, 4) is 28.3 Å². The summed E-state index contributed by atoms with van der Waals surface area (Å²) in [5.74, 6) is 0.864. The number of nitrogens with two attached hydrogens (primary N) is 1. The molecule has 0 saturated heterocycles. The number of alkyl halides is 3. The zero-order chi connectivity index (χ0) is 23.6. The molecule has 0 bridgehead atoms. The van der Waals surface area contributed by atoms with Gasteiger partial charge in [0, 0.05) is 18.0 Å². The van der Waals surface area contributed by atoms with Gasteiger partial charge in [0.1, 0.15) is 11.6 Å². The predicted octanol–water partition coefficient (Wildman–Crippen LogP) is 5.84. The van der Waals surface area contributed by atoms with Crippen LogP contribution in [0.5, 0.6) is 5.75 Å². The highest BCUT2D eigenvalue weighted by Gasteiger charge is 2.30. The highest BCUT2D eigenvalue weighted by Crippen LogP contribution is 2.35. The van der Waals surface area contributed by atoms with E-state index in [1.807, 2.05) is 31.2 Å².